The third-order valence-electron chi connectivity index (χ3n) is 2.76. The highest BCUT2D eigenvalue weighted by molar-refractivity contribution is 5.81. The van der Waals surface area contributed by atoms with Crippen LogP contribution in [0.5, 0.6) is 0 Å². The molecule has 0 aliphatic carbocycles. The van der Waals surface area contributed by atoms with Crippen LogP contribution in [0.2, 0.25) is 0 Å². The first-order valence-corrected chi connectivity index (χ1v) is 5.71. The van der Waals surface area contributed by atoms with E-state index in [4.69, 9.17) is 11.5 Å². The Morgan fingerprint density at radius 2 is 1.50 bits per heavy atom. The van der Waals surface area contributed by atoms with Crippen molar-refractivity contribution in [3.63, 3.8) is 0 Å². The zero-order valence-corrected chi connectivity index (χ0v) is 10.4. The molecule has 8 nitrogen and oxygen atoms in total. The number of carbonyl (C=O) groups is 2. The fourth-order valence-electron chi connectivity index (χ4n) is 1.97. The molecule has 0 fully saturated rings. The van der Waals surface area contributed by atoms with Gasteiger partial charge in [0.25, 0.3) is 5.56 Å². The van der Waals surface area contributed by atoms with Crippen LogP contribution in [-0.2, 0) is 22.7 Å². The highest BCUT2D eigenvalue weighted by atomic mass is 16.2. The Kier molecular flexibility index (Phi) is 3.38. The van der Waals surface area contributed by atoms with Gasteiger partial charge in [-0.3, -0.25) is 23.5 Å². The molecule has 0 bridgehead atoms. The van der Waals surface area contributed by atoms with Gasteiger partial charge in [-0.25, -0.2) is 4.79 Å². The molecular weight excluding hydrogens is 264 g/mol. The van der Waals surface area contributed by atoms with Gasteiger partial charge in [-0.05, 0) is 12.1 Å². The molecule has 0 atom stereocenters. The van der Waals surface area contributed by atoms with Crippen molar-refractivity contribution in [1.29, 1.82) is 0 Å². The topological polar surface area (TPSA) is 130 Å². The van der Waals surface area contributed by atoms with Gasteiger partial charge in [-0.2, -0.15) is 0 Å². The lowest BCUT2D eigenvalue weighted by molar-refractivity contribution is -0.119. The summed E-state index contributed by atoms with van der Waals surface area (Å²) in [4.78, 5) is 46.4. The second kappa shape index (κ2) is 5.00. The fourth-order valence-corrected chi connectivity index (χ4v) is 1.97. The third kappa shape index (κ3) is 2.30. The van der Waals surface area contributed by atoms with E-state index in [9.17, 15) is 19.2 Å². The summed E-state index contributed by atoms with van der Waals surface area (Å²) >= 11 is 0. The normalized spacial score (nSPS) is 10.6. The van der Waals surface area contributed by atoms with Crippen LogP contribution in [0.1, 0.15) is 0 Å². The SMILES string of the molecule is NC(=O)Cn1c(=O)c2ccccc2n(CC(N)=O)c1=O. The predicted octanol–water partition coefficient (Wildman–Crippen LogP) is -1.87. The van der Waals surface area contributed by atoms with Crippen molar-refractivity contribution in [1.82, 2.24) is 9.13 Å². The molecule has 8 heteroatoms. The zero-order valence-electron chi connectivity index (χ0n) is 10.4. The molecule has 0 saturated carbocycles. The summed E-state index contributed by atoms with van der Waals surface area (Å²) in [6.45, 7) is -0.945. The summed E-state index contributed by atoms with van der Waals surface area (Å²) in [6.07, 6.45) is 0. The second-order valence-electron chi connectivity index (χ2n) is 4.21. The van der Waals surface area contributed by atoms with E-state index < -0.39 is 36.2 Å². The number of carbonyl (C=O) groups excluding carboxylic acids is 2. The van der Waals surface area contributed by atoms with E-state index in [-0.39, 0.29) is 10.9 Å². The highest BCUT2D eigenvalue weighted by Gasteiger charge is 2.15. The predicted molar refractivity (Wildman–Crippen MR) is 70.9 cm³/mol. The van der Waals surface area contributed by atoms with Crippen LogP contribution in [0.4, 0.5) is 0 Å². The number of primary amides is 2. The number of fused-ring (bicyclic) bond motifs is 1. The first-order valence-electron chi connectivity index (χ1n) is 5.71. The molecule has 104 valence electrons. The summed E-state index contributed by atoms with van der Waals surface area (Å²) in [5.41, 5.74) is 8.96. The Morgan fingerprint density at radius 1 is 0.950 bits per heavy atom. The van der Waals surface area contributed by atoms with Crippen molar-refractivity contribution in [2.24, 2.45) is 11.5 Å². The minimum absolute atomic E-state index is 0.203. The van der Waals surface area contributed by atoms with Crippen molar-refractivity contribution in [2.75, 3.05) is 0 Å². The van der Waals surface area contributed by atoms with Crippen molar-refractivity contribution in [2.45, 2.75) is 13.1 Å². The fraction of sp³-hybridized carbons (Fsp3) is 0.167. The van der Waals surface area contributed by atoms with Crippen LogP contribution < -0.4 is 22.7 Å². The average Bonchev–Trinajstić information content (AvgIpc) is 2.39. The number of hydrogen-bond acceptors (Lipinski definition) is 4. The lowest BCUT2D eigenvalue weighted by Gasteiger charge is -2.11. The molecule has 4 N–H and O–H groups in total. The quantitative estimate of drug-likeness (QED) is 0.677. The Hall–Kier alpha value is -2.90. The molecular formula is C12H12N4O4. The van der Waals surface area contributed by atoms with E-state index in [1.54, 1.807) is 12.1 Å². The summed E-state index contributed by atoms with van der Waals surface area (Å²) in [5.74, 6) is -1.56. The van der Waals surface area contributed by atoms with Gasteiger partial charge in [0, 0.05) is 0 Å². The molecule has 2 amide bonds. The maximum absolute atomic E-state index is 12.2. The van der Waals surface area contributed by atoms with Crippen LogP contribution in [-0.4, -0.2) is 20.9 Å². The van der Waals surface area contributed by atoms with Crippen LogP contribution in [0.15, 0.2) is 33.9 Å². The molecule has 1 aromatic carbocycles. The molecule has 1 aromatic heterocycles. The van der Waals surface area contributed by atoms with Gasteiger partial charge in [0.2, 0.25) is 11.8 Å². The summed E-state index contributed by atoms with van der Waals surface area (Å²) in [6, 6.07) is 6.25. The zero-order chi connectivity index (χ0) is 14.9. The minimum Gasteiger partial charge on any atom is -0.368 e. The van der Waals surface area contributed by atoms with Gasteiger partial charge < -0.3 is 11.5 Å². The number of nitrogens with zero attached hydrogens (tertiary/aromatic N) is 2. The maximum atomic E-state index is 12.2. The third-order valence-corrected chi connectivity index (χ3v) is 2.76. The van der Waals surface area contributed by atoms with E-state index in [1.807, 2.05) is 0 Å². The number of para-hydroxylation sites is 1. The number of nitrogens with two attached hydrogens (primary N) is 2. The molecule has 20 heavy (non-hydrogen) atoms. The van der Waals surface area contributed by atoms with Crippen LogP contribution >= 0.6 is 0 Å². The second-order valence-corrected chi connectivity index (χ2v) is 4.21. The van der Waals surface area contributed by atoms with E-state index in [0.717, 1.165) is 4.57 Å². The minimum atomic E-state index is -0.829. The Bertz CT molecular complexity index is 818. The van der Waals surface area contributed by atoms with E-state index in [1.165, 1.54) is 12.1 Å². The lowest BCUT2D eigenvalue weighted by atomic mass is 10.2. The number of rotatable bonds is 4. The first kappa shape index (κ1) is 13.5. The van der Waals surface area contributed by atoms with Gasteiger partial charge in [-0.1, -0.05) is 12.1 Å². The summed E-state index contributed by atoms with van der Waals surface area (Å²) < 4.78 is 1.73. The maximum Gasteiger partial charge on any atom is 0.332 e. The number of hydrogen-bond donors (Lipinski definition) is 2. The highest BCUT2D eigenvalue weighted by Crippen LogP contribution is 2.07. The molecule has 0 aliphatic rings. The molecule has 0 saturated heterocycles. The molecule has 0 spiro atoms. The molecule has 0 radical (unpaired) electrons. The summed E-state index contributed by atoms with van der Waals surface area (Å²) in [7, 11) is 0. The first-order chi connectivity index (χ1) is 9.41. The van der Waals surface area contributed by atoms with Crippen LogP contribution in [0, 0.1) is 0 Å². The smallest absolute Gasteiger partial charge is 0.332 e. The monoisotopic (exact) mass is 276 g/mol. The van der Waals surface area contributed by atoms with E-state index >= 15 is 0 Å². The lowest BCUT2D eigenvalue weighted by Crippen LogP contribution is -2.44. The molecule has 2 aromatic rings. The van der Waals surface area contributed by atoms with Crippen molar-refractivity contribution < 1.29 is 9.59 Å². The van der Waals surface area contributed by atoms with Crippen LogP contribution in [0.3, 0.4) is 0 Å². The number of amides is 2. The largest absolute Gasteiger partial charge is 0.368 e. The van der Waals surface area contributed by atoms with E-state index in [0.29, 0.717) is 4.57 Å². The molecule has 0 unspecified atom stereocenters. The van der Waals surface area contributed by atoms with Gasteiger partial charge >= 0.3 is 5.69 Å². The van der Waals surface area contributed by atoms with Crippen molar-refractivity contribution in [3.05, 3.63) is 45.1 Å². The van der Waals surface area contributed by atoms with Crippen molar-refractivity contribution >= 4 is 22.7 Å². The van der Waals surface area contributed by atoms with Gasteiger partial charge in [-0.15, -0.1) is 0 Å². The van der Waals surface area contributed by atoms with Crippen molar-refractivity contribution in [3.8, 4) is 0 Å². The summed E-state index contributed by atoms with van der Waals surface area (Å²) in [5, 5.41) is 0.203. The van der Waals surface area contributed by atoms with Gasteiger partial charge in [0.15, 0.2) is 0 Å². The Labute approximate surface area is 112 Å². The van der Waals surface area contributed by atoms with E-state index in [2.05, 4.69) is 0 Å². The van der Waals surface area contributed by atoms with Gasteiger partial charge in [0.05, 0.1) is 10.9 Å². The molecule has 0 aliphatic heterocycles. The Morgan fingerprint density at radius 3 is 2.10 bits per heavy atom. The number of benzene rings is 1. The van der Waals surface area contributed by atoms with Gasteiger partial charge in [0.1, 0.15) is 13.1 Å². The standard InChI is InChI=1S/C12H12N4O4/c13-9(17)5-15-8-4-2-1-3-7(8)11(19)16(12(15)20)6-10(14)18/h1-4H,5-6H2,(H2,13,17)(H2,14,18). The number of aromatic nitrogens is 2. The molecule has 2 rings (SSSR count). The molecule has 1 heterocycles. The Balaban J connectivity index is 2.88. The average molecular weight is 276 g/mol. The van der Waals surface area contributed by atoms with Crippen LogP contribution in [0.25, 0.3) is 10.9 Å².